The molecule has 1 N–H and O–H groups in total. The maximum Gasteiger partial charge on any atom is 0.352 e. The fourth-order valence-corrected chi connectivity index (χ4v) is 5.34. The third-order valence-electron chi connectivity index (χ3n) is 5.29. The van der Waals surface area contributed by atoms with Crippen molar-refractivity contribution in [1.82, 2.24) is 4.90 Å². The molecule has 162 valence electrons. The van der Waals surface area contributed by atoms with Crippen LogP contribution in [0.3, 0.4) is 0 Å². The number of methoxy groups -OCH3 is 1. The van der Waals surface area contributed by atoms with E-state index in [1.807, 2.05) is 0 Å². The molecule has 1 saturated heterocycles. The van der Waals surface area contributed by atoms with Crippen molar-refractivity contribution in [3.05, 3.63) is 52.0 Å². The highest BCUT2D eigenvalue weighted by Crippen LogP contribution is 2.49. The molecule has 2 aromatic rings. The highest BCUT2D eigenvalue weighted by molar-refractivity contribution is 8.00. The Labute approximate surface area is 180 Å². The molecule has 9 nitrogen and oxygen atoms in total. The minimum atomic E-state index is -1.35. The van der Waals surface area contributed by atoms with E-state index in [9.17, 15) is 24.3 Å². The molecule has 0 saturated carbocycles. The van der Waals surface area contributed by atoms with Crippen LogP contribution in [0.1, 0.15) is 13.3 Å². The van der Waals surface area contributed by atoms with Crippen molar-refractivity contribution in [3.8, 4) is 5.75 Å². The zero-order valence-corrected chi connectivity index (χ0v) is 17.6. The molecule has 0 spiro atoms. The molecule has 1 fully saturated rings. The predicted octanol–water partition coefficient (Wildman–Crippen LogP) is 1.79. The summed E-state index contributed by atoms with van der Waals surface area (Å²) in [5.74, 6) is -1.33. The van der Waals surface area contributed by atoms with Crippen molar-refractivity contribution in [3.63, 3.8) is 0 Å². The predicted molar refractivity (Wildman–Crippen MR) is 111 cm³/mol. The van der Waals surface area contributed by atoms with Gasteiger partial charge in [-0.2, -0.15) is 0 Å². The summed E-state index contributed by atoms with van der Waals surface area (Å²) in [5.41, 5.74) is -1.22. The van der Waals surface area contributed by atoms with Crippen LogP contribution in [0.25, 0.3) is 11.0 Å². The van der Waals surface area contributed by atoms with Gasteiger partial charge in [0.25, 0.3) is 5.91 Å². The number of nitrogens with zero attached hydrogens (tertiary/aromatic N) is 1. The van der Waals surface area contributed by atoms with Gasteiger partial charge in [0.1, 0.15) is 34.8 Å². The summed E-state index contributed by atoms with van der Waals surface area (Å²) < 4.78 is 16.3. The maximum absolute atomic E-state index is 12.9. The highest BCUT2D eigenvalue weighted by atomic mass is 32.2. The lowest BCUT2D eigenvalue weighted by molar-refractivity contribution is -0.186. The van der Waals surface area contributed by atoms with Gasteiger partial charge in [-0.25, -0.2) is 9.59 Å². The van der Waals surface area contributed by atoms with E-state index in [1.165, 1.54) is 36.8 Å². The summed E-state index contributed by atoms with van der Waals surface area (Å²) >= 11 is 1.33. The van der Waals surface area contributed by atoms with Crippen LogP contribution in [0, 0.1) is 0 Å². The van der Waals surface area contributed by atoms with E-state index in [-0.39, 0.29) is 24.5 Å². The second-order valence-electron chi connectivity index (χ2n) is 7.31. The zero-order valence-electron chi connectivity index (χ0n) is 16.7. The second-order valence-corrected chi connectivity index (χ2v) is 8.38. The number of carboxylic acids is 1. The fourth-order valence-electron chi connectivity index (χ4n) is 3.86. The number of rotatable bonds is 7. The Kier molecular flexibility index (Phi) is 5.36. The van der Waals surface area contributed by atoms with E-state index in [2.05, 4.69) is 0 Å². The van der Waals surface area contributed by atoms with Gasteiger partial charge < -0.3 is 19.0 Å². The number of ether oxygens (including phenoxy) is 2. The molecule has 10 heteroatoms. The van der Waals surface area contributed by atoms with Crippen LogP contribution in [0.2, 0.25) is 0 Å². The van der Waals surface area contributed by atoms with Gasteiger partial charge in [-0.3, -0.25) is 14.5 Å². The molecule has 0 unspecified atom stereocenters. The number of carbonyl (C=O) groups is 3. The number of fused-ring (bicyclic) bond motifs is 2. The van der Waals surface area contributed by atoms with Gasteiger partial charge in [0.2, 0.25) is 0 Å². The maximum atomic E-state index is 12.9. The number of ketones is 1. The summed E-state index contributed by atoms with van der Waals surface area (Å²) in [4.78, 5) is 49.1. The number of thioether (sulfide) groups is 1. The first kappa shape index (κ1) is 21.1. The minimum absolute atomic E-state index is 0.0691. The van der Waals surface area contributed by atoms with Crippen LogP contribution in [-0.4, -0.2) is 58.1 Å². The molecule has 2 aliphatic rings. The van der Waals surface area contributed by atoms with E-state index in [0.717, 1.165) is 5.39 Å². The number of carboxylic acid groups (broad SMARTS) is 1. The Hall–Kier alpha value is -3.11. The molecule has 4 rings (SSSR count). The molecule has 3 heterocycles. The molecule has 1 aromatic heterocycles. The van der Waals surface area contributed by atoms with E-state index in [4.69, 9.17) is 13.9 Å². The molecule has 2 aliphatic heterocycles. The first-order chi connectivity index (χ1) is 14.8. The average Bonchev–Trinajstić information content (AvgIpc) is 2.74. The number of Topliss-reactive ketones (excluding diaryl/α,β-unsaturated/α-hetero) is 1. The SMILES string of the molecule is CO[C@@]1(CC(C)=O)C(=O)N2C(C(=O)O)=C(COc3ccc4ccc(=O)oc4c3)CS[C@@H]21. The monoisotopic (exact) mass is 445 g/mol. The Morgan fingerprint density at radius 2 is 2.03 bits per heavy atom. The van der Waals surface area contributed by atoms with Gasteiger partial charge >= 0.3 is 11.6 Å². The molecular weight excluding hydrogens is 426 g/mol. The minimum Gasteiger partial charge on any atom is -0.489 e. The number of aliphatic carboxylic acids is 1. The van der Waals surface area contributed by atoms with Gasteiger partial charge in [-0.15, -0.1) is 11.8 Å². The summed E-state index contributed by atoms with van der Waals surface area (Å²) in [7, 11) is 1.35. The molecule has 0 bridgehead atoms. The Bertz CT molecular complexity index is 1190. The van der Waals surface area contributed by atoms with Gasteiger partial charge in [0, 0.05) is 42.4 Å². The van der Waals surface area contributed by atoms with Gasteiger partial charge in [0.15, 0.2) is 5.60 Å². The number of hydrogen-bond donors (Lipinski definition) is 1. The van der Waals surface area contributed by atoms with Gasteiger partial charge in [0.05, 0.1) is 0 Å². The molecule has 0 aliphatic carbocycles. The number of β-lactam (4-membered cyclic amide) rings is 1. The number of amides is 1. The van der Waals surface area contributed by atoms with Crippen LogP contribution in [-0.2, 0) is 19.1 Å². The van der Waals surface area contributed by atoms with Crippen molar-refractivity contribution in [2.75, 3.05) is 19.5 Å². The smallest absolute Gasteiger partial charge is 0.352 e. The zero-order chi connectivity index (χ0) is 22.3. The van der Waals surface area contributed by atoms with E-state index < -0.39 is 28.5 Å². The number of carbonyl (C=O) groups excluding carboxylic acids is 2. The lowest BCUT2D eigenvalue weighted by atomic mass is 9.85. The second kappa shape index (κ2) is 7.86. The van der Waals surface area contributed by atoms with Crippen molar-refractivity contribution >= 4 is 40.4 Å². The topological polar surface area (TPSA) is 123 Å². The largest absolute Gasteiger partial charge is 0.489 e. The van der Waals surface area contributed by atoms with Crippen molar-refractivity contribution in [1.29, 1.82) is 0 Å². The molecule has 1 amide bonds. The highest BCUT2D eigenvalue weighted by Gasteiger charge is 2.65. The molecular formula is C21H19NO8S. The Morgan fingerprint density at radius 1 is 1.29 bits per heavy atom. The first-order valence-electron chi connectivity index (χ1n) is 9.38. The van der Waals surface area contributed by atoms with Gasteiger partial charge in [-0.1, -0.05) is 0 Å². The van der Waals surface area contributed by atoms with E-state index in [0.29, 0.717) is 22.7 Å². The van der Waals surface area contributed by atoms with Gasteiger partial charge in [-0.05, 0) is 25.1 Å². The summed E-state index contributed by atoms with van der Waals surface area (Å²) in [6.07, 6.45) is -0.114. The van der Waals surface area contributed by atoms with Crippen LogP contribution in [0.5, 0.6) is 5.75 Å². The normalized spacial score (nSPS) is 22.8. The third-order valence-corrected chi connectivity index (χ3v) is 6.71. The van der Waals surface area contributed by atoms with Crippen molar-refractivity contribution < 1.29 is 33.4 Å². The Morgan fingerprint density at radius 3 is 2.71 bits per heavy atom. The molecule has 1 aromatic carbocycles. The summed E-state index contributed by atoms with van der Waals surface area (Å²) in [6, 6.07) is 7.90. The van der Waals surface area contributed by atoms with Crippen LogP contribution in [0.4, 0.5) is 0 Å². The molecule has 0 radical (unpaired) electrons. The lowest BCUT2D eigenvalue weighted by Gasteiger charge is -2.56. The van der Waals surface area contributed by atoms with Crippen molar-refractivity contribution in [2.45, 2.75) is 24.3 Å². The third kappa shape index (κ3) is 3.51. The summed E-state index contributed by atoms with van der Waals surface area (Å²) in [6.45, 7) is 1.30. The number of hydrogen-bond acceptors (Lipinski definition) is 8. The number of benzene rings is 1. The van der Waals surface area contributed by atoms with Crippen LogP contribution in [0.15, 0.2) is 50.8 Å². The molecule has 31 heavy (non-hydrogen) atoms. The van der Waals surface area contributed by atoms with Crippen LogP contribution >= 0.6 is 11.8 Å². The standard InChI is InChI=1S/C21H19NO8S/c1-11(23)8-21(28-2)19(27)22-17(18(25)26)13(10-31-20(21)22)9-29-14-5-3-12-4-6-16(24)30-15(12)7-14/h3-7,20H,8-10H2,1-2H3,(H,25,26)/t20-,21+/m1/s1. The Balaban J connectivity index is 1.59. The quantitative estimate of drug-likeness (QED) is 0.502. The van der Waals surface area contributed by atoms with Crippen molar-refractivity contribution in [2.24, 2.45) is 0 Å². The molecule has 2 atom stereocenters. The van der Waals surface area contributed by atoms with Crippen LogP contribution < -0.4 is 10.4 Å². The lowest BCUT2D eigenvalue weighted by Crippen LogP contribution is -2.74. The summed E-state index contributed by atoms with van der Waals surface area (Å²) in [5, 5.41) is 9.89. The average molecular weight is 445 g/mol. The van der Waals surface area contributed by atoms with E-state index >= 15 is 0 Å². The fraction of sp³-hybridized carbons (Fsp3) is 0.333. The first-order valence-corrected chi connectivity index (χ1v) is 10.4. The van der Waals surface area contributed by atoms with E-state index in [1.54, 1.807) is 24.3 Å².